The van der Waals surface area contributed by atoms with Gasteiger partial charge in [-0.25, -0.2) is 8.78 Å². The maximum absolute atomic E-state index is 13.1. The van der Waals surface area contributed by atoms with Gasteiger partial charge >= 0.3 is 0 Å². The summed E-state index contributed by atoms with van der Waals surface area (Å²) in [7, 11) is 1.48. The molecule has 0 bridgehead atoms. The van der Waals surface area contributed by atoms with E-state index < -0.39 is 17.2 Å². The molecule has 1 rings (SSSR count). The molecule has 0 saturated carbocycles. The average Bonchev–Trinajstić information content (AvgIpc) is 2.32. The van der Waals surface area contributed by atoms with Crippen LogP contribution >= 0.6 is 0 Å². The number of nitrogens with two attached hydrogens (primary N) is 1. The molecule has 0 amide bonds. The summed E-state index contributed by atoms with van der Waals surface area (Å²) < 4.78 is 30.9. The standard InChI is InChI=1S/C13H19F2NO2/c1-18-9-13(17,5-2-6-16)8-10-3-4-11(14)12(15)7-10/h3-4,7,17H,2,5-6,8-9,16H2,1H3. The molecule has 0 spiro atoms. The van der Waals surface area contributed by atoms with E-state index in [1.54, 1.807) is 0 Å². The summed E-state index contributed by atoms with van der Waals surface area (Å²) in [4.78, 5) is 0. The van der Waals surface area contributed by atoms with Gasteiger partial charge in [-0.2, -0.15) is 0 Å². The van der Waals surface area contributed by atoms with Gasteiger partial charge in [0.2, 0.25) is 0 Å². The fraction of sp³-hybridized carbons (Fsp3) is 0.538. The predicted molar refractivity (Wildman–Crippen MR) is 65.2 cm³/mol. The first-order chi connectivity index (χ1) is 8.50. The Labute approximate surface area is 106 Å². The molecule has 0 aromatic heterocycles. The Morgan fingerprint density at radius 1 is 1.33 bits per heavy atom. The maximum atomic E-state index is 13.1. The Balaban J connectivity index is 2.78. The van der Waals surface area contributed by atoms with Crippen molar-refractivity contribution in [2.24, 2.45) is 5.73 Å². The lowest BCUT2D eigenvalue weighted by Gasteiger charge is -2.27. The molecular weight excluding hydrogens is 240 g/mol. The first kappa shape index (κ1) is 15.0. The first-order valence-electron chi connectivity index (χ1n) is 5.86. The van der Waals surface area contributed by atoms with Crippen LogP contribution < -0.4 is 5.73 Å². The monoisotopic (exact) mass is 259 g/mol. The zero-order valence-electron chi connectivity index (χ0n) is 10.5. The third-order valence-corrected chi connectivity index (χ3v) is 2.78. The maximum Gasteiger partial charge on any atom is 0.159 e. The number of methoxy groups -OCH3 is 1. The van der Waals surface area contributed by atoms with Crippen molar-refractivity contribution in [3.05, 3.63) is 35.4 Å². The van der Waals surface area contributed by atoms with E-state index in [9.17, 15) is 13.9 Å². The number of hydrogen-bond acceptors (Lipinski definition) is 3. The number of hydrogen-bond donors (Lipinski definition) is 2. The Hall–Kier alpha value is -1.04. The van der Waals surface area contributed by atoms with E-state index in [-0.39, 0.29) is 13.0 Å². The highest BCUT2D eigenvalue weighted by atomic mass is 19.2. The zero-order chi connectivity index (χ0) is 13.6. The average molecular weight is 259 g/mol. The smallest absolute Gasteiger partial charge is 0.159 e. The lowest BCUT2D eigenvalue weighted by molar-refractivity contribution is -0.0375. The van der Waals surface area contributed by atoms with Gasteiger partial charge in [0.05, 0.1) is 12.2 Å². The van der Waals surface area contributed by atoms with Crippen molar-refractivity contribution < 1.29 is 18.6 Å². The topological polar surface area (TPSA) is 55.5 Å². The van der Waals surface area contributed by atoms with Crippen LogP contribution in [0.2, 0.25) is 0 Å². The fourth-order valence-electron chi connectivity index (χ4n) is 1.94. The quantitative estimate of drug-likeness (QED) is 0.782. The molecule has 0 aliphatic heterocycles. The summed E-state index contributed by atoms with van der Waals surface area (Å²) in [5.74, 6) is -1.80. The normalized spacial score (nSPS) is 14.5. The van der Waals surface area contributed by atoms with Crippen LogP contribution in [-0.2, 0) is 11.2 Å². The molecule has 0 saturated heterocycles. The Morgan fingerprint density at radius 2 is 2.06 bits per heavy atom. The van der Waals surface area contributed by atoms with Gasteiger partial charge in [0, 0.05) is 13.5 Å². The summed E-state index contributed by atoms with van der Waals surface area (Å²) >= 11 is 0. The summed E-state index contributed by atoms with van der Waals surface area (Å²) in [5, 5.41) is 10.4. The molecule has 1 aromatic carbocycles. The van der Waals surface area contributed by atoms with Crippen molar-refractivity contribution in [3.8, 4) is 0 Å². The Bertz CT molecular complexity index is 387. The van der Waals surface area contributed by atoms with Crippen molar-refractivity contribution in [2.75, 3.05) is 20.3 Å². The molecule has 5 heteroatoms. The van der Waals surface area contributed by atoms with Crippen molar-refractivity contribution >= 4 is 0 Å². The third kappa shape index (κ3) is 4.33. The highest BCUT2D eigenvalue weighted by molar-refractivity contribution is 5.19. The van der Waals surface area contributed by atoms with E-state index in [4.69, 9.17) is 10.5 Å². The molecule has 1 unspecified atom stereocenters. The summed E-state index contributed by atoms with van der Waals surface area (Å²) in [5.41, 5.74) is 4.84. The minimum Gasteiger partial charge on any atom is -0.387 e. The number of benzene rings is 1. The van der Waals surface area contributed by atoms with E-state index in [1.807, 2.05) is 0 Å². The molecule has 0 fully saturated rings. The minimum atomic E-state index is -1.10. The van der Waals surface area contributed by atoms with Gasteiger partial charge < -0.3 is 15.6 Å². The van der Waals surface area contributed by atoms with E-state index in [0.717, 1.165) is 12.1 Å². The van der Waals surface area contributed by atoms with Crippen molar-refractivity contribution in [2.45, 2.75) is 24.9 Å². The molecule has 3 N–H and O–H groups in total. The molecule has 102 valence electrons. The van der Waals surface area contributed by atoms with Gasteiger partial charge in [0.15, 0.2) is 11.6 Å². The van der Waals surface area contributed by atoms with Crippen LogP contribution in [0.4, 0.5) is 8.78 Å². The zero-order valence-corrected chi connectivity index (χ0v) is 10.5. The highest BCUT2D eigenvalue weighted by Gasteiger charge is 2.27. The number of aliphatic hydroxyl groups is 1. The molecule has 0 heterocycles. The van der Waals surface area contributed by atoms with Crippen LogP contribution in [0.15, 0.2) is 18.2 Å². The van der Waals surface area contributed by atoms with Crippen LogP contribution in [0.3, 0.4) is 0 Å². The lowest BCUT2D eigenvalue weighted by atomic mass is 9.90. The van der Waals surface area contributed by atoms with Crippen molar-refractivity contribution in [3.63, 3.8) is 0 Å². The van der Waals surface area contributed by atoms with Crippen LogP contribution in [0.25, 0.3) is 0 Å². The molecule has 0 aliphatic carbocycles. The molecular formula is C13H19F2NO2. The second-order valence-electron chi connectivity index (χ2n) is 4.47. The largest absolute Gasteiger partial charge is 0.387 e. The number of ether oxygens (including phenoxy) is 1. The Kier molecular flexibility index (Phi) is 5.65. The van der Waals surface area contributed by atoms with Crippen LogP contribution in [0.1, 0.15) is 18.4 Å². The van der Waals surface area contributed by atoms with Gasteiger partial charge in [0.25, 0.3) is 0 Å². The summed E-state index contributed by atoms with van der Waals surface area (Å²) in [6.07, 6.45) is 1.30. The van der Waals surface area contributed by atoms with E-state index in [0.29, 0.717) is 24.9 Å². The number of rotatable bonds is 7. The highest BCUT2D eigenvalue weighted by Crippen LogP contribution is 2.21. The molecule has 0 aliphatic rings. The molecule has 0 radical (unpaired) electrons. The molecule has 1 atom stereocenters. The molecule has 1 aromatic rings. The van der Waals surface area contributed by atoms with E-state index >= 15 is 0 Å². The van der Waals surface area contributed by atoms with Crippen molar-refractivity contribution in [1.82, 2.24) is 0 Å². The van der Waals surface area contributed by atoms with Crippen LogP contribution in [0.5, 0.6) is 0 Å². The van der Waals surface area contributed by atoms with Gasteiger partial charge in [-0.15, -0.1) is 0 Å². The van der Waals surface area contributed by atoms with Crippen molar-refractivity contribution in [1.29, 1.82) is 0 Å². The third-order valence-electron chi connectivity index (χ3n) is 2.78. The van der Waals surface area contributed by atoms with Gasteiger partial charge in [-0.1, -0.05) is 6.07 Å². The predicted octanol–water partition coefficient (Wildman–Crippen LogP) is 1.62. The summed E-state index contributed by atoms with van der Waals surface area (Å²) in [6.45, 7) is 0.593. The van der Waals surface area contributed by atoms with Gasteiger partial charge in [-0.05, 0) is 37.1 Å². The lowest BCUT2D eigenvalue weighted by Crippen LogP contribution is -2.37. The molecule has 18 heavy (non-hydrogen) atoms. The SMILES string of the molecule is COCC(O)(CCCN)Cc1ccc(F)c(F)c1. The minimum absolute atomic E-state index is 0.131. The summed E-state index contributed by atoms with van der Waals surface area (Å²) in [6, 6.07) is 3.61. The van der Waals surface area contributed by atoms with Gasteiger partial charge in [-0.3, -0.25) is 0 Å². The van der Waals surface area contributed by atoms with Gasteiger partial charge in [0.1, 0.15) is 0 Å². The second-order valence-corrected chi connectivity index (χ2v) is 4.47. The van der Waals surface area contributed by atoms with Crippen LogP contribution in [0, 0.1) is 11.6 Å². The second kappa shape index (κ2) is 6.78. The Morgan fingerprint density at radius 3 is 2.61 bits per heavy atom. The van der Waals surface area contributed by atoms with E-state index in [1.165, 1.54) is 13.2 Å². The fourth-order valence-corrected chi connectivity index (χ4v) is 1.94. The van der Waals surface area contributed by atoms with Crippen LogP contribution in [-0.4, -0.2) is 31.0 Å². The first-order valence-corrected chi connectivity index (χ1v) is 5.86. The molecule has 3 nitrogen and oxygen atoms in total. The van der Waals surface area contributed by atoms with E-state index in [2.05, 4.69) is 0 Å². The number of halogens is 2.